The first kappa shape index (κ1) is 19.4. The van der Waals surface area contributed by atoms with E-state index in [-0.39, 0.29) is 11.9 Å². The lowest BCUT2D eigenvalue weighted by Gasteiger charge is -2.14. The number of halogens is 1. The molecule has 0 fully saturated rings. The standard InChI is InChI=1S/C21H25ClN4O/c1-14(2)26-19-10-9-17(22)13-18(19)24-20(26)15-5-7-16(8-6-15)21(27)23-11-12-25(3)4/h5-10,13-14H,11-12H2,1-4H3,(H,23,27). The molecule has 2 aromatic carbocycles. The van der Waals surface area contributed by atoms with E-state index < -0.39 is 0 Å². The Hall–Kier alpha value is -2.37. The van der Waals surface area contributed by atoms with Crippen LogP contribution in [-0.4, -0.2) is 47.5 Å². The largest absolute Gasteiger partial charge is 0.351 e. The van der Waals surface area contributed by atoms with Crippen LogP contribution in [0.1, 0.15) is 30.2 Å². The first-order valence-electron chi connectivity index (χ1n) is 9.07. The van der Waals surface area contributed by atoms with Crippen molar-refractivity contribution < 1.29 is 4.79 Å². The first-order chi connectivity index (χ1) is 12.9. The van der Waals surface area contributed by atoms with Gasteiger partial charge in [-0.15, -0.1) is 0 Å². The van der Waals surface area contributed by atoms with E-state index in [1.165, 1.54) is 0 Å². The molecule has 0 saturated carbocycles. The molecule has 1 amide bonds. The van der Waals surface area contributed by atoms with Gasteiger partial charge in [-0.1, -0.05) is 23.7 Å². The average molecular weight is 385 g/mol. The molecule has 1 aromatic heterocycles. The van der Waals surface area contributed by atoms with Crippen LogP contribution in [0, 0.1) is 0 Å². The number of hydrogen-bond donors (Lipinski definition) is 1. The van der Waals surface area contributed by atoms with Gasteiger partial charge in [0.05, 0.1) is 11.0 Å². The van der Waals surface area contributed by atoms with Crippen molar-refractivity contribution in [3.63, 3.8) is 0 Å². The average Bonchev–Trinajstić information content (AvgIpc) is 3.00. The summed E-state index contributed by atoms with van der Waals surface area (Å²) >= 11 is 6.13. The molecular weight excluding hydrogens is 360 g/mol. The molecule has 0 radical (unpaired) electrons. The number of carbonyl (C=O) groups is 1. The van der Waals surface area contributed by atoms with Crippen LogP contribution in [0.2, 0.25) is 5.02 Å². The molecule has 0 aliphatic carbocycles. The molecule has 0 spiro atoms. The van der Waals surface area contributed by atoms with Crippen molar-refractivity contribution in [2.24, 2.45) is 0 Å². The first-order valence-corrected chi connectivity index (χ1v) is 9.45. The fourth-order valence-electron chi connectivity index (χ4n) is 3.06. The summed E-state index contributed by atoms with van der Waals surface area (Å²) in [5.41, 5.74) is 3.54. The van der Waals surface area contributed by atoms with Gasteiger partial charge in [-0.3, -0.25) is 4.79 Å². The zero-order valence-corrected chi connectivity index (χ0v) is 16.9. The van der Waals surface area contributed by atoms with Gasteiger partial charge in [-0.25, -0.2) is 4.98 Å². The summed E-state index contributed by atoms with van der Waals surface area (Å²) in [4.78, 5) is 19.1. The monoisotopic (exact) mass is 384 g/mol. The normalized spacial score (nSPS) is 11.5. The second-order valence-electron chi connectivity index (χ2n) is 7.17. The third kappa shape index (κ3) is 4.31. The number of imidazole rings is 1. The second kappa shape index (κ2) is 8.11. The predicted octanol–water partition coefficient (Wildman–Crippen LogP) is 4.23. The van der Waals surface area contributed by atoms with E-state index >= 15 is 0 Å². The Morgan fingerprint density at radius 3 is 2.52 bits per heavy atom. The fourth-order valence-corrected chi connectivity index (χ4v) is 3.23. The lowest BCUT2D eigenvalue weighted by atomic mass is 10.1. The number of benzene rings is 2. The van der Waals surface area contributed by atoms with Gasteiger partial charge in [0.1, 0.15) is 5.82 Å². The van der Waals surface area contributed by atoms with Crippen molar-refractivity contribution in [2.75, 3.05) is 27.2 Å². The maximum atomic E-state index is 12.3. The van der Waals surface area contributed by atoms with Crippen molar-refractivity contribution in [3.8, 4) is 11.4 Å². The van der Waals surface area contributed by atoms with Crippen LogP contribution in [0.15, 0.2) is 42.5 Å². The number of nitrogens with zero attached hydrogens (tertiary/aromatic N) is 3. The molecular formula is C21H25ClN4O. The number of likely N-dealkylation sites (N-methyl/N-ethyl adjacent to an activating group) is 1. The van der Waals surface area contributed by atoms with Gasteiger partial charge >= 0.3 is 0 Å². The molecule has 0 atom stereocenters. The van der Waals surface area contributed by atoms with Gasteiger partial charge in [0.2, 0.25) is 0 Å². The molecule has 0 aliphatic heterocycles. The maximum Gasteiger partial charge on any atom is 0.251 e. The highest BCUT2D eigenvalue weighted by Crippen LogP contribution is 2.30. The lowest BCUT2D eigenvalue weighted by molar-refractivity contribution is 0.0951. The number of fused-ring (bicyclic) bond motifs is 1. The molecule has 142 valence electrons. The summed E-state index contributed by atoms with van der Waals surface area (Å²) < 4.78 is 2.19. The van der Waals surface area contributed by atoms with Gasteiger partial charge in [0.25, 0.3) is 5.91 Å². The summed E-state index contributed by atoms with van der Waals surface area (Å²) in [6.45, 7) is 5.69. The Morgan fingerprint density at radius 1 is 1.19 bits per heavy atom. The molecule has 0 bridgehead atoms. The van der Waals surface area contributed by atoms with Crippen LogP contribution in [0.4, 0.5) is 0 Å². The van der Waals surface area contributed by atoms with Crippen LogP contribution in [0.25, 0.3) is 22.4 Å². The topological polar surface area (TPSA) is 50.2 Å². The van der Waals surface area contributed by atoms with Gasteiger partial charge in [0, 0.05) is 35.3 Å². The van der Waals surface area contributed by atoms with E-state index in [4.69, 9.17) is 16.6 Å². The van der Waals surface area contributed by atoms with E-state index in [1.54, 1.807) is 0 Å². The van der Waals surface area contributed by atoms with E-state index in [9.17, 15) is 4.79 Å². The molecule has 6 heteroatoms. The second-order valence-corrected chi connectivity index (χ2v) is 7.61. The Kier molecular flexibility index (Phi) is 5.82. The summed E-state index contributed by atoms with van der Waals surface area (Å²) in [5.74, 6) is 0.814. The van der Waals surface area contributed by atoms with Gasteiger partial charge in [-0.2, -0.15) is 0 Å². The van der Waals surface area contributed by atoms with Gasteiger partial charge < -0.3 is 14.8 Å². The van der Waals surface area contributed by atoms with E-state index in [1.807, 2.05) is 61.5 Å². The van der Waals surface area contributed by atoms with Crippen LogP contribution in [-0.2, 0) is 0 Å². The van der Waals surface area contributed by atoms with E-state index in [0.717, 1.165) is 29.0 Å². The minimum Gasteiger partial charge on any atom is -0.351 e. The van der Waals surface area contributed by atoms with Crippen molar-refractivity contribution >= 4 is 28.5 Å². The SMILES string of the molecule is CC(C)n1c(-c2ccc(C(=O)NCCN(C)C)cc2)nc2cc(Cl)ccc21. The fraction of sp³-hybridized carbons (Fsp3) is 0.333. The highest BCUT2D eigenvalue weighted by molar-refractivity contribution is 6.31. The molecule has 3 rings (SSSR count). The molecule has 27 heavy (non-hydrogen) atoms. The molecule has 3 aromatic rings. The van der Waals surface area contributed by atoms with Crippen LogP contribution < -0.4 is 5.32 Å². The maximum absolute atomic E-state index is 12.3. The number of carbonyl (C=O) groups excluding carboxylic acids is 1. The zero-order valence-electron chi connectivity index (χ0n) is 16.2. The van der Waals surface area contributed by atoms with Crippen LogP contribution in [0.3, 0.4) is 0 Å². The van der Waals surface area contributed by atoms with Crippen molar-refractivity contribution in [1.29, 1.82) is 0 Å². The van der Waals surface area contributed by atoms with Crippen molar-refractivity contribution in [1.82, 2.24) is 19.8 Å². The summed E-state index contributed by atoms with van der Waals surface area (Å²) in [6.07, 6.45) is 0. The van der Waals surface area contributed by atoms with E-state index in [0.29, 0.717) is 17.1 Å². The van der Waals surface area contributed by atoms with Crippen molar-refractivity contribution in [2.45, 2.75) is 19.9 Å². The minimum absolute atomic E-state index is 0.0625. The van der Waals surface area contributed by atoms with E-state index in [2.05, 4.69) is 23.7 Å². The quantitative estimate of drug-likeness (QED) is 0.691. The highest BCUT2D eigenvalue weighted by atomic mass is 35.5. The minimum atomic E-state index is -0.0625. The third-order valence-corrected chi connectivity index (χ3v) is 4.65. The Bertz CT molecular complexity index is 945. The number of aromatic nitrogens is 2. The lowest BCUT2D eigenvalue weighted by Crippen LogP contribution is -2.31. The molecule has 1 heterocycles. The predicted molar refractivity (Wildman–Crippen MR) is 111 cm³/mol. The summed E-state index contributed by atoms with van der Waals surface area (Å²) in [6, 6.07) is 13.6. The van der Waals surface area contributed by atoms with Crippen LogP contribution in [0.5, 0.6) is 0 Å². The van der Waals surface area contributed by atoms with Gasteiger partial charge in [0.15, 0.2) is 0 Å². The Balaban J connectivity index is 1.89. The molecule has 0 saturated heterocycles. The van der Waals surface area contributed by atoms with Gasteiger partial charge in [-0.05, 0) is 58.3 Å². The number of hydrogen-bond acceptors (Lipinski definition) is 3. The highest BCUT2D eigenvalue weighted by Gasteiger charge is 2.16. The molecule has 1 N–H and O–H groups in total. The summed E-state index contributed by atoms with van der Waals surface area (Å²) in [7, 11) is 3.96. The molecule has 0 unspecified atom stereocenters. The molecule has 5 nitrogen and oxygen atoms in total. The van der Waals surface area contributed by atoms with Crippen molar-refractivity contribution in [3.05, 3.63) is 53.1 Å². The number of amides is 1. The number of nitrogens with one attached hydrogen (secondary N) is 1. The van der Waals surface area contributed by atoms with Crippen LogP contribution >= 0.6 is 11.6 Å². The third-order valence-electron chi connectivity index (χ3n) is 4.42. The zero-order chi connectivity index (χ0) is 19.6. The summed E-state index contributed by atoms with van der Waals surface area (Å²) in [5, 5.41) is 3.60. The Labute approximate surface area is 165 Å². The Morgan fingerprint density at radius 2 is 1.89 bits per heavy atom. The smallest absolute Gasteiger partial charge is 0.251 e. The molecule has 0 aliphatic rings. The number of rotatable bonds is 6.